The Balaban J connectivity index is 1.72. The number of aryl methyl sites for hydroxylation is 1. The van der Waals surface area contributed by atoms with Crippen LogP contribution in [0.4, 0.5) is 17.1 Å². The van der Waals surface area contributed by atoms with Gasteiger partial charge in [-0.05, 0) is 43.2 Å². The summed E-state index contributed by atoms with van der Waals surface area (Å²) >= 11 is 0. The SMILES string of the molecule is Cc1cccc(N2CCN(C(=O)c3ccc(N)c([N+](=O)[O-])c3)CC2)c1C. The summed E-state index contributed by atoms with van der Waals surface area (Å²) in [6.07, 6.45) is 0. The van der Waals surface area contributed by atoms with Gasteiger partial charge in [0.1, 0.15) is 5.69 Å². The van der Waals surface area contributed by atoms with Crippen LogP contribution in [-0.4, -0.2) is 41.9 Å². The molecule has 1 saturated heterocycles. The highest BCUT2D eigenvalue weighted by molar-refractivity contribution is 5.95. The Bertz CT molecular complexity index is 858. The maximum absolute atomic E-state index is 12.7. The molecule has 0 radical (unpaired) electrons. The molecule has 7 nitrogen and oxygen atoms in total. The molecule has 136 valence electrons. The van der Waals surface area contributed by atoms with Gasteiger partial charge in [-0.1, -0.05) is 12.1 Å². The standard InChI is InChI=1S/C19H22N4O3/c1-13-4-3-5-17(14(13)2)21-8-10-22(11-9-21)19(24)15-6-7-16(20)18(12-15)23(25)26/h3-7,12H,8-11,20H2,1-2H3. The van der Waals surface area contributed by atoms with Gasteiger partial charge in [-0.25, -0.2) is 0 Å². The first kappa shape index (κ1) is 17.7. The second-order valence-electron chi connectivity index (χ2n) is 6.53. The molecule has 0 saturated carbocycles. The number of carbonyl (C=O) groups excluding carboxylic acids is 1. The molecule has 1 amide bonds. The molecular formula is C19H22N4O3. The summed E-state index contributed by atoms with van der Waals surface area (Å²) in [5.41, 5.74) is 9.42. The zero-order valence-electron chi connectivity index (χ0n) is 14.9. The van der Waals surface area contributed by atoms with Crippen molar-refractivity contribution in [2.24, 2.45) is 0 Å². The first-order chi connectivity index (χ1) is 12.4. The molecule has 0 bridgehead atoms. The zero-order valence-corrected chi connectivity index (χ0v) is 14.9. The third-order valence-corrected chi connectivity index (χ3v) is 4.96. The zero-order chi connectivity index (χ0) is 18.8. The fraction of sp³-hybridized carbons (Fsp3) is 0.316. The molecule has 0 unspecified atom stereocenters. The van der Waals surface area contributed by atoms with E-state index in [-0.39, 0.29) is 17.3 Å². The summed E-state index contributed by atoms with van der Waals surface area (Å²) < 4.78 is 0. The number of benzene rings is 2. The van der Waals surface area contributed by atoms with Gasteiger partial charge in [0.05, 0.1) is 4.92 Å². The minimum atomic E-state index is -0.565. The maximum Gasteiger partial charge on any atom is 0.292 e. The fourth-order valence-corrected chi connectivity index (χ4v) is 3.25. The van der Waals surface area contributed by atoms with Crippen molar-refractivity contribution in [3.8, 4) is 0 Å². The number of hydrogen-bond acceptors (Lipinski definition) is 5. The summed E-state index contributed by atoms with van der Waals surface area (Å²) in [5.74, 6) is -0.200. The van der Waals surface area contributed by atoms with Gasteiger partial charge < -0.3 is 15.5 Å². The normalized spacial score (nSPS) is 14.4. The van der Waals surface area contributed by atoms with Gasteiger partial charge in [0.15, 0.2) is 0 Å². The molecule has 1 fully saturated rings. The Morgan fingerprint density at radius 1 is 1.12 bits per heavy atom. The minimum absolute atomic E-state index is 0.0614. The van der Waals surface area contributed by atoms with Gasteiger partial charge in [0.2, 0.25) is 0 Å². The highest BCUT2D eigenvalue weighted by atomic mass is 16.6. The monoisotopic (exact) mass is 354 g/mol. The molecule has 2 aromatic carbocycles. The summed E-state index contributed by atoms with van der Waals surface area (Å²) in [6, 6.07) is 10.5. The molecule has 0 aromatic heterocycles. The minimum Gasteiger partial charge on any atom is -0.393 e. The van der Waals surface area contributed by atoms with Crippen LogP contribution in [0.25, 0.3) is 0 Å². The summed E-state index contributed by atoms with van der Waals surface area (Å²) in [4.78, 5) is 27.2. The van der Waals surface area contributed by atoms with Gasteiger partial charge in [0.25, 0.3) is 11.6 Å². The van der Waals surface area contributed by atoms with E-state index in [2.05, 4.69) is 30.9 Å². The van der Waals surface area contributed by atoms with Gasteiger partial charge in [-0.2, -0.15) is 0 Å². The molecule has 26 heavy (non-hydrogen) atoms. The van der Waals surface area contributed by atoms with Crippen molar-refractivity contribution in [2.75, 3.05) is 36.8 Å². The molecule has 0 aliphatic carbocycles. The molecule has 3 rings (SSSR count). The van der Waals surface area contributed by atoms with Crippen molar-refractivity contribution in [2.45, 2.75) is 13.8 Å². The summed E-state index contributed by atoms with van der Waals surface area (Å²) in [6.45, 7) is 6.80. The number of anilines is 2. The van der Waals surface area contributed by atoms with Crippen molar-refractivity contribution in [3.63, 3.8) is 0 Å². The molecule has 1 aliphatic heterocycles. The largest absolute Gasteiger partial charge is 0.393 e. The fourth-order valence-electron chi connectivity index (χ4n) is 3.25. The Morgan fingerprint density at radius 3 is 2.46 bits per heavy atom. The lowest BCUT2D eigenvalue weighted by Gasteiger charge is -2.37. The molecule has 1 aliphatic rings. The summed E-state index contributed by atoms with van der Waals surface area (Å²) in [7, 11) is 0. The Hall–Kier alpha value is -3.09. The quantitative estimate of drug-likeness (QED) is 0.520. The number of nitro groups is 1. The van der Waals surface area contributed by atoms with E-state index in [9.17, 15) is 14.9 Å². The number of nitrogens with zero attached hydrogens (tertiary/aromatic N) is 3. The lowest BCUT2D eigenvalue weighted by molar-refractivity contribution is -0.383. The van der Waals surface area contributed by atoms with E-state index in [1.165, 1.54) is 28.9 Å². The second kappa shape index (κ2) is 7.03. The number of nitrogens with two attached hydrogens (primary N) is 1. The van der Waals surface area contributed by atoms with E-state index in [1.54, 1.807) is 11.0 Å². The molecule has 2 aromatic rings. The van der Waals surface area contributed by atoms with E-state index < -0.39 is 4.92 Å². The number of hydrogen-bond donors (Lipinski definition) is 1. The average Bonchev–Trinajstić information content (AvgIpc) is 2.64. The highest BCUT2D eigenvalue weighted by Crippen LogP contribution is 2.26. The van der Waals surface area contributed by atoms with Crippen molar-refractivity contribution < 1.29 is 9.72 Å². The van der Waals surface area contributed by atoms with Gasteiger partial charge in [0, 0.05) is 43.5 Å². The third kappa shape index (κ3) is 3.33. The third-order valence-electron chi connectivity index (χ3n) is 4.96. The van der Waals surface area contributed by atoms with Crippen molar-refractivity contribution >= 4 is 23.0 Å². The van der Waals surface area contributed by atoms with E-state index in [0.29, 0.717) is 18.7 Å². The molecule has 7 heteroatoms. The van der Waals surface area contributed by atoms with Gasteiger partial charge >= 0.3 is 0 Å². The molecule has 2 N–H and O–H groups in total. The van der Waals surface area contributed by atoms with Crippen LogP contribution in [0.15, 0.2) is 36.4 Å². The lowest BCUT2D eigenvalue weighted by atomic mass is 10.1. The Labute approximate surface area is 152 Å². The van der Waals surface area contributed by atoms with Crippen molar-refractivity contribution in [1.82, 2.24) is 4.90 Å². The van der Waals surface area contributed by atoms with Gasteiger partial charge in [-0.15, -0.1) is 0 Å². The Morgan fingerprint density at radius 2 is 1.81 bits per heavy atom. The van der Waals surface area contributed by atoms with Crippen LogP contribution in [0.3, 0.4) is 0 Å². The average molecular weight is 354 g/mol. The predicted octanol–water partition coefficient (Wildman–Crippen LogP) is 2.76. The van der Waals surface area contributed by atoms with E-state index >= 15 is 0 Å². The predicted molar refractivity (Wildman–Crippen MR) is 102 cm³/mol. The Kier molecular flexibility index (Phi) is 4.79. The number of nitrogen functional groups attached to an aromatic ring is 1. The van der Waals surface area contributed by atoms with Crippen LogP contribution in [-0.2, 0) is 0 Å². The first-order valence-electron chi connectivity index (χ1n) is 8.53. The van der Waals surface area contributed by atoms with Crippen LogP contribution in [0.5, 0.6) is 0 Å². The maximum atomic E-state index is 12.7. The number of nitro benzene ring substituents is 1. The first-order valence-corrected chi connectivity index (χ1v) is 8.53. The van der Waals surface area contributed by atoms with Crippen LogP contribution in [0, 0.1) is 24.0 Å². The second-order valence-corrected chi connectivity index (χ2v) is 6.53. The smallest absolute Gasteiger partial charge is 0.292 e. The molecule has 0 spiro atoms. The van der Waals surface area contributed by atoms with E-state index in [1.807, 2.05) is 6.07 Å². The summed E-state index contributed by atoms with van der Waals surface area (Å²) in [5, 5.41) is 11.0. The number of piperazine rings is 1. The molecular weight excluding hydrogens is 332 g/mol. The van der Waals surface area contributed by atoms with Crippen LogP contribution in [0.1, 0.15) is 21.5 Å². The van der Waals surface area contributed by atoms with Crippen LogP contribution >= 0.6 is 0 Å². The number of carbonyl (C=O) groups is 1. The molecule has 1 heterocycles. The number of rotatable bonds is 3. The number of amides is 1. The highest BCUT2D eigenvalue weighted by Gasteiger charge is 2.25. The van der Waals surface area contributed by atoms with E-state index in [4.69, 9.17) is 5.73 Å². The van der Waals surface area contributed by atoms with Crippen molar-refractivity contribution in [1.29, 1.82) is 0 Å². The van der Waals surface area contributed by atoms with Crippen molar-refractivity contribution in [3.05, 3.63) is 63.2 Å². The van der Waals surface area contributed by atoms with Crippen LogP contribution in [0.2, 0.25) is 0 Å². The molecule has 0 atom stereocenters. The van der Waals surface area contributed by atoms with Crippen LogP contribution < -0.4 is 10.6 Å². The van der Waals surface area contributed by atoms with E-state index in [0.717, 1.165) is 13.1 Å². The lowest BCUT2D eigenvalue weighted by Crippen LogP contribution is -2.49. The topological polar surface area (TPSA) is 92.7 Å². The van der Waals surface area contributed by atoms with Gasteiger partial charge in [-0.3, -0.25) is 14.9 Å².